The number of amides is 3. The number of nitrogens with two attached hydrogens (primary N) is 1. The molecule has 0 saturated carbocycles. The zero-order chi connectivity index (χ0) is 26.0. The first-order valence-electron chi connectivity index (χ1n) is 12.1. The first-order chi connectivity index (χ1) is 17.2. The topological polar surface area (TPSA) is 136 Å². The van der Waals surface area contributed by atoms with Gasteiger partial charge in [0, 0.05) is 48.4 Å². The standard InChI is InChI=1S/C27H32N4O5/c1-17(5-3-7-24(33)31-14-4-6-21(31)16-32)27(36)22-15-20(12-13-23(22)30(2)26(27)35)29-25(34)18-8-10-19(28)11-9-18/h3,5,8-13,15,17,21,32,36H,4,6-7,14,16,28H2,1-2H3,(H,29,34)/b5-3+/t17-,21-,27+/m0/s1. The third-order valence-electron chi connectivity index (χ3n) is 7.11. The molecule has 0 spiro atoms. The second-order valence-electron chi connectivity index (χ2n) is 9.43. The number of likely N-dealkylation sites (tertiary alicyclic amines) is 1. The number of aliphatic hydroxyl groups excluding tert-OH is 1. The number of benzene rings is 2. The van der Waals surface area contributed by atoms with Gasteiger partial charge in [-0.05, 0) is 55.3 Å². The van der Waals surface area contributed by atoms with Crippen molar-refractivity contribution >= 4 is 34.8 Å². The Labute approximate surface area is 210 Å². The lowest BCUT2D eigenvalue weighted by Gasteiger charge is -2.27. The Morgan fingerprint density at radius 3 is 2.67 bits per heavy atom. The Balaban J connectivity index is 1.52. The first-order valence-corrected chi connectivity index (χ1v) is 12.1. The van der Waals surface area contributed by atoms with Crippen LogP contribution >= 0.6 is 0 Å². The number of likely N-dealkylation sites (N-methyl/N-ethyl adjacent to an activating group) is 1. The summed E-state index contributed by atoms with van der Waals surface area (Å²) < 4.78 is 0. The van der Waals surface area contributed by atoms with Gasteiger partial charge in [0.2, 0.25) is 5.91 Å². The van der Waals surface area contributed by atoms with Gasteiger partial charge in [-0.2, -0.15) is 0 Å². The van der Waals surface area contributed by atoms with Gasteiger partial charge in [0.1, 0.15) is 0 Å². The van der Waals surface area contributed by atoms with Crippen LogP contribution < -0.4 is 16.0 Å². The predicted octanol–water partition coefficient (Wildman–Crippen LogP) is 2.25. The van der Waals surface area contributed by atoms with Crippen LogP contribution in [0.3, 0.4) is 0 Å². The summed E-state index contributed by atoms with van der Waals surface area (Å²) in [6, 6.07) is 11.3. The van der Waals surface area contributed by atoms with E-state index in [-0.39, 0.29) is 30.9 Å². The van der Waals surface area contributed by atoms with Crippen LogP contribution in [-0.2, 0) is 15.2 Å². The van der Waals surface area contributed by atoms with Crippen molar-refractivity contribution in [2.45, 2.75) is 37.8 Å². The minimum atomic E-state index is -1.85. The van der Waals surface area contributed by atoms with Crippen LogP contribution in [0, 0.1) is 5.92 Å². The van der Waals surface area contributed by atoms with E-state index < -0.39 is 17.4 Å². The molecule has 0 radical (unpaired) electrons. The van der Waals surface area contributed by atoms with Gasteiger partial charge in [-0.25, -0.2) is 0 Å². The molecule has 5 N–H and O–H groups in total. The number of aliphatic hydroxyl groups is 2. The zero-order valence-corrected chi connectivity index (χ0v) is 20.5. The number of anilines is 3. The summed E-state index contributed by atoms with van der Waals surface area (Å²) in [4.78, 5) is 41.4. The molecule has 0 unspecified atom stereocenters. The lowest BCUT2D eigenvalue weighted by Crippen LogP contribution is -2.43. The van der Waals surface area contributed by atoms with Gasteiger partial charge in [0.15, 0.2) is 5.60 Å². The monoisotopic (exact) mass is 492 g/mol. The summed E-state index contributed by atoms with van der Waals surface area (Å²) in [5.74, 6) is -1.56. The molecule has 3 amide bonds. The summed E-state index contributed by atoms with van der Waals surface area (Å²) >= 11 is 0. The molecular weight excluding hydrogens is 460 g/mol. The molecule has 1 fully saturated rings. The number of hydrogen-bond donors (Lipinski definition) is 4. The van der Waals surface area contributed by atoms with Gasteiger partial charge >= 0.3 is 0 Å². The molecule has 1 saturated heterocycles. The minimum absolute atomic E-state index is 0.0551. The quantitative estimate of drug-likeness (QED) is 0.346. The molecule has 2 aliphatic heterocycles. The van der Waals surface area contributed by atoms with Crippen molar-refractivity contribution in [2.24, 2.45) is 5.92 Å². The number of nitrogens with one attached hydrogen (secondary N) is 1. The second kappa shape index (κ2) is 10.1. The first kappa shape index (κ1) is 25.4. The summed E-state index contributed by atoms with van der Waals surface area (Å²) in [5, 5.41) is 23.9. The van der Waals surface area contributed by atoms with Crippen LogP contribution in [0.5, 0.6) is 0 Å². The Morgan fingerprint density at radius 2 is 1.97 bits per heavy atom. The van der Waals surface area contributed by atoms with Gasteiger partial charge in [-0.15, -0.1) is 0 Å². The van der Waals surface area contributed by atoms with E-state index >= 15 is 0 Å². The van der Waals surface area contributed by atoms with E-state index in [1.165, 1.54) is 4.90 Å². The average Bonchev–Trinajstić information content (AvgIpc) is 3.43. The van der Waals surface area contributed by atoms with Crippen molar-refractivity contribution in [3.63, 3.8) is 0 Å². The normalized spacial score (nSPS) is 22.2. The average molecular weight is 493 g/mol. The molecule has 9 heteroatoms. The molecule has 3 atom stereocenters. The highest BCUT2D eigenvalue weighted by atomic mass is 16.3. The number of rotatable bonds is 7. The Morgan fingerprint density at radius 1 is 1.25 bits per heavy atom. The van der Waals surface area contributed by atoms with Crippen LogP contribution in [-0.4, -0.2) is 59.1 Å². The van der Waals surface area contributed by atoms with Gasteiger partial charge in [-0.3, -0.25) is 14.4 Å². The lowest BCUT2D eigenvalue weighted by atomic mass is 9.82. The third-order valence-corrected chi connectivity index (χ3v) is 7.11. The van der Waals surface area contributed by atoms with Crippen molar-refractivity contribution in [1.29, 1.82) is 0 Å². The van der Waals surface area contributed by atoms with Crippen LogP contribution in [0.1, 0.15) is 42.1 Å². The van der Waals surface area contributed by atoms with Crippen molar-refractivity contribution in [3.8, 4) is 0 Å². The Kier molecular flexibility index (Phi) is 7.14. The van der Waals surface area contributed by atoms with Crippen LogP contribution in [0.25, 0.3) is 0 Å². The molecule has 9 nitrogen and oxygen atoms in total. The van der Waals surface area contributed by atoms with Gasteiger partial charge in [-0.1, -0.05) is 19.1 Å². The van der Waals surface area contributed by atoms with Crippen LogP contribution in [0.2, 0.25) is 0 Å². The molecule has 0 aliphatic carbocycles. The highest BCUT2D eigenvalue weighted by Gasteiger charge is 2.51. The van der Waals surface area contributed by atoms with Gasteiger partial charge < -0.3 is 31.1 Å². The Hall–Kier alpha value is -3.69. The van der Waals surface area contributed by atoms with E-state index in [9.17, 15) is 24.6 Å². The SMILES string of the molecule is C[C@@H](/C=C/CC(=O)N1CCC[C@H]1CO)[C@]1(O)C(=O)N(C)c2ccc(NC(=O)c3ccc(N)cc3)cc21. The molecule has 4 rings (SSSR count). The number of nitrogens with zero attached hydrogens (tertiary/aromatic N) is 2. The van der Waals surface area contributed by atoms with E-state index in [1.54, 1.807) is 73.5 Å². The van der Waals surface area contributed by atoms with Crippen molar-refractivity contribution in [2.75, 3.05) is 36.1 Å². The number of hydrogen-bond acceptors (Lipinski definition) is 6. The van der Waals surface area contributed by atoms with E-state index in [2.05, 4.69) is 5.32 Å². The fourth-order valence-corrected chi connectivity index (χ4v) is 4.95. The maximum atomic E-state index is 13.1. The zero-order valence-electron chi connectivity index (χ0n) is 20.5. The fourth-order valence-electron chi connectivity index (χ4n) is 4.95. The fraction of sp³-hybridized carbons (Fsp3) is 0.370. The molecule has 2 aliphatic rings. The van der Waals surface area contributed by atoms with Crippen molar-refractivity contribution < 1.29 is 24.6 Å². The van der Waals surface area contributed by atoms with Gasteiger partial charge in [0.05, 0.1) is 18.3 Å². The second-order valence-corrected chi connectivity index (χ2v) is 9.43. The van der Waals surface area contributed by atoms with E-state index in [4.69, 9.17) is 5.73 Å². The molecule has 36 heavy (non-hydrogen) atoms. The lowest BCUT2D eigenvalue weighted by molar-refractivity contribution is -0.139. The highest BCUT2D eigenvalue weighted by Crippen LogP contribution is 2.45. The van der Waals surface area contributed by atoms with E-state index in [0.29, 0.717) is 34.7 Å². The molecule has 190 valence electrons. The summed E-state index contributed by atoms with van der Waals surface area (Å²) in [6.07, 6.45) is 5.10. The summed E-state index contributed by atoms with van der Waals surface area (Å²) in [6.45, 7) is 2.28. The molecule has 2 aromatic rings. The molecule has 0 aromatic heterocycles. The minimum Gasteiger partial charge on any atom is -0.399 e. The molecular formula is C27H32N4O5. The van der Waals surface area contributed by atoms with Crippen molar-refractivity contribution in [1.82, 2.24) is 4.90 Å². The van der Waals surface area contributed by atoms with E-state index in [1.807, 2.05) is 0 Å². The van der Waals surface area contributed by atoms with Crippen molar-refractivity contribution in [3.05, 3.63) is 65.7 Å². The largest absolute Gasteiger partial charge is 0.399 e. The van der Waals surface area contributed by atoms with E-state index in [0.717, 1.165) is 12.8 Å². The summed E-state index contributed by atoms with van der Waals surface area (Å²) in [5.41, 5.74) is 6.18. The smallest absolute Gasteiger partial charge is 0.264 e. The third kappa shape index (κ3) is 4.59. The van der Waals surface area contributed by atoms with Crippen LogP contribution in [0.15, 0.2) is 54.6 Å². The number of carbonyl (C=O) groups is 3. The predicted molar refractivity (Wildman–Crippen MR) is 137 cm³/mol. The number of carbonyl (C=O) groups excluding carboxylic acids is 3. The Bertz CT molecular complexity index is 1200. The van der Waals surface area contributed by atoms with Crippen LogP contribution in [0.4, 0.5) is 17.1 Å². The molecule has 0 bridgehead atoms. The number of fused-ring (bicyclic) bond motifs is 1. The summed E-state index contributed by atoms with van der Waals surface area (Å²) in [7, 11) is 1.59. The maximum Gasteiger partial charge on any atom is 0.264 e. The molecule has 2 aromatic carbocycles. The highest BCUT2D eigenvalue weighted by molar-refractivity contribution is 6.08. The maximum absolute atomic E-state index is 13.1. The molecule has 2 heterocycles. The number of nitrogen functional groups attached to an aromatic ring is 1. The van der Waals surface area contributed by atoms with Gasteiger partial charge in [0.25, 0.3) is 11.8 Å².